The van der Waals surface area contributed by atoms with Crippen LogP contribution in [0.5, 0.6) is 5.75 Å². The summed E-state index contributed by atoms with van der Waals surface area (Å²) in [7, 11) is 1.54. The molecule has 5 heterocycles. The number of anilines is 2. The van der Waals surface area contributed by atoms with Crippen molar-refractivity contribution in [2.24, 2.45) is 5.41 Å². The lowest BCUT2D eigenvalue weighted by atomic mass is 9.71. The molecule has 2 atom stereocenters. The van der Waals surface area contributed by atoms with Gasteiger partial charge in [0.2, 0.25) is 5.95 Å². The molecule has 1 N–H and O–H groups in total. The number of Topliss-reactive ketones (excluding diaryl/α,β-unsaturated/α-hetero) is 1. The van der Waals surface area contributed by atoms with Crippen molar-refractivity contribution in [2.75, 3.05) is 49.9 Å². The van der Waals surface area contributed by atoms with Crippen molar-refractivity contribution in [3.63, 3.8) is 0 Å². The van der Waals surface area contributed by atoms with Gasteiger partial charge in [0.25, 0.3) is 0 Å². The zero-order valence-electron chi connectivity index (χ0n) is 27.3. The molecule has 12 heteroatoms. The fourth-order valence-electron chi connectivity index (χ4n) is 7.73. The second-order valence-electron chi connectivity index (χ2n) is 13.8. The molecule has 3 saturated heterocycles. The van der Waals surface area contributed by atoms with Gasteiger partial charge in [0.1, 0.15) is 22.8 Å². The van der Waals surface area contributed by atoms with Crippen molar-refractivity contribution in [1.29, 1.82) is 0 Å². The topological polar surface area (TPSA) is 121 Å². The summed E-state index contributed by atoms with van der Waals surface area (Å²) < 4.78 is 28.0. The third-order valence-electron chi connectivity index (χ3n) is 10.2. The van der Waals surface area contributed by atoms with Gasteiger partial charge < -0.3 is 24.4 Å². The smallest absolute Gasteiger partial charge is 0.408 e. The van der Waals surface area contributed by atoms with Crippen LogP contribution in [0.25, 0.3) is 32.9 Å². The molecule has 246 valence electrons. The van der Waals surface area contributed by atoms with Crippen LogP contribution in [0.15, 0.2) is 36.5 Å². The van der Waals surface area contributed by atoms with Gasteiger partial charge in [-0.25, -0.2) is 14.2 Å². The van der Waals surface area contributed by atoms with Gasteiger partial charge >= 0.3 is 6.09 Å². The molecule has 2 bridgehead atoms. The van der Waals surface area contributed by atoms with Gasteiger partial charge in [0.05, 0.1) is 30.1 Å². The molecule has 2 aromatic carbocycles. The van der Waals surface area contributed by atoms with E-state index in [4.69, 9.17) is 24.4 Å². The minimum atomic E-state index is -0.929. The van der Waals surface area contributed by atoms with E-state index in [2.05, 4.69) is 32.6 Å². The van der Waals surface area contributed by atoms with E-state index in [1.807, 2.05) is 24.3 Å². The van der Waals surface area contributed by atoms with Crippen LogP contribution in [0.1, 0.15) is 46.1 Å². The van der Waals surface area contributed by atoms with Crippen molar-refractivity contribution in [3.05, 3.63) is 47.9 Å². The van der Waals surface area contributed by atoms with E-state index >= 15 is 4.39 Å². The molecule has 2 unspecified atom stereocenters. The number of ether oxygens (including phenoxy) is 2. The van der Waals surface area contributed by atoms with Crippen LogP contribution in [0.2, 0.25) is 0 Å². The minimum absolute atomic E-state index is 0.0345. The predicted octanol–water partition coefficient (Wildman–Crippen LogP) is 5.67. The average molecular weight is 643 g/mol. The lowest BCUT2D eigenvalue weighted by Crippen LogP contribution is -2.68. The Labute approximate surface area is 272 Å². The number of benzene rings is 2. The zero-order chi connectivity index (χ0) is 33.2. The fraction of sp³-hybridized carbons (Fsp3) is 0.457. The summed E-state index contributed by atoms with van der Waals surface area (Å²) in [5.41, 5.74) is 0.793. The van der Waals surface area contributed by atoms with E-state index in [-0.39, 0.29) is 54.3 Å². The minimum Gasteiger partial charge on any atom is -0.468 e. The summed E-state index contributed by atoms with van der Waals surface area (Å²) in [5.74, 6) is 0.720. The number of pyridine rings is 1. The number of carboxylic acid groups (broad SMARTS) is 1. The molecule has 3 aliphatic rings. The molecule has 11 nitrogen and oxygen atoms in total. The van der Waals surface area contributed by atoms with E-state index in [1.165, 1.54) is 0 Å². The quantitative estimate of drug-likeness (QED) is 0.253. The molecule has 0 radical (unpaired) electrons. The van der Waals surface area contributed by atoms with Gasteiger partial charge in [0.15, 0.2) is 18.4 Å². The summed E-state index contributed by atoms with van der Waals surface area (Å²) >= 11 is 0. The van der Waals surface area contributed by atoms with Gasteiger partial charge in [-0.2, -0.15) is 4.98 Å². The maximum absolute atomic E-state index is 17.1. The number of amides is 1. The number of halogens is 1. The number of rotatable bonds is 7. The molecule has 1 amide bonds. The standard InChI is InChI=1S/C35H39FN6O5/c1-6-20-8-7-9-21-12-24(47-19-46-5)13-25(27(20)21)29-28(36)30-26(14-37-29)31(39-32(38-30)40-16-23(43)17-40)41-15-22-10-11-35(18-41,34(2,3)4)42(22)33(44)45/h7-9,12-14,22H,6,10-11,15-19H2,1-5H3,(H,44,45). The van der Waals surface area contributed by atoms with E-state index < -0.39 is 17.4 Å². The van der Waals surface area contributed by atoms with Crippen molar-refractivity contribution in [1.82, 2.24) is 19.9 Å². The van der Waals surface area contributed by atoms with Crippen molar-refractivity contribution >= 4 is 45.3 Å². The van der Waals surface area contributed by atoms with Crippen LogP contribution in [-0.4, -0.2) is 88.5 Å². The van der Waals surface area contributed by atoms with Gasteiger partial charge in [0, 0.05) is 32.0 Å². The number of aromatic nitrogens is 3. The third kappa shape index (κ3) is 4.92. The van der Waals surface area contributed by atoms with Crippen molar-refractivity contribution < 1.29 is 28.6 Å². The lowest BCUT2D eigenvalue weighted by molar-refractivity contribution is -0.119. The molecule has 0 aliphatic carbocycles. The van der Waals surface area contributed by atoms with Gasteiger partial charge in [-0.3, -0.25) is 14.7 Å². The second-order valence-corrected chi connectivity index (χ2v) is 13.8. The largest absolute Gasteiger partial charge is 0.468 e. The SMILES string of the molecule is CCc1cccc2cc(OCOC)cc(-c3ncc4c(N5CC6CCC(C(C)(C)C)(C5)N6C(=O)O)nc(N5CC(=O)C5)nc4c3F)c12. The average Bonchev–Trinajstić information content (AvgIpc) is 3.29. The molecular weight excluding hydrogens is 603 g/mol. The number of fused-ring (bicyclic) bond motifs is 4. The first-order valence-corrected chi connectivity index (χ1v) is 16.0. The Morgan fingerprint density at radius 3 is 2.64 bits per heavy atom. The first kappa shape index (κ1) is 31.0. The summed E-state index contributed by atoms with van der Waals surface area (Å²) in [5, 5.41) is 12.5. The highest BCUT2D eigenvalue weighted by Crippen LogP contribution is 2.51. The highest BCUT2D eigenvalue weighted by atomic mass is 19.1. The van der Waals surface area contributed by atoms with Crippen LogP contribution in [0.3, 0.4) is 0 Å². The second kappa shape index (κ2) is 11.3. The Hall–Kier alpha value is -4.58. The number of carbonyl (C=O) groups is 2. The Morgan fingerprint density at radius 1 is 1.17 bits per heavy atom. The highest BCUT2D eigenvalue weighted by Gasteiger charge is 2.59. The van der Waals surface area contributed by atoms with Gasteiger partial charge in [-0.15, -0.1) is 0 Å². The molecule has 0 saturated carbocycles. The monoisotopic (exact) mass is 642 g/mol. The van der Waals surface area contributed by atoms with E-state index in [0.717, 1.165) is 29.2 Å². The summed E-state index contributed by atoms with van der Waals surface area (Å²) in [6, 6.07) is 9.40. The number of methoxy groups -OCH3 is 1. The van der Waals surface area contributed by atoms with Crippen LogP contribution >= 0.6 is 0 Å². The van der Waals surface area contributed by atoms with Crippen LogP contribution in [0, 0.1) is 11.2 Å². The Morgan fingerprint density at radius 2 is 1.96 bits per heavy atom. The van der Waals surface area contributed by atoms with Crippen molar-refractivity contribution in [3.8, 4) is 17.0 Å². The predicted molar refractivity (Wildman–Crippen MR) is 177 cm³/mol. The molecule has 2 aromatic heterocycles. The number of hydrogen-bond donors (Lipinski definition) is 1. The number of piperazine rings is 1. The van der Waals surface area contributed by atoms with E-state index in [9.17, 15) is 14.7 Å². The normalized spacial score (nSPS) is 21.1. The molecule has 4 aromatic rings. The van der Waals surface area contributed by atoms with Crippen molar-refractivity contribution in [2.45, 2.75) is 58.5 Å². The maximum Gasteiger partial charge on any atom is 0.408 e. The molecule has 7 rings (SSSR count). The fourth-order valence-corrected chi connectivity index (χ4v) is 7.73. The van der Waals surface area contributed by atoms with Crippen LogP contribution in [0.4, 0.5) is 21.0 Å². The van der Waals surface area contributed by atoms with Crippen LogP contribution < -0.4 is 14.5 Å². The zero-order valence-corrected chi connectivity index (χ0v) is 27.3. The Kier molecular flexibility index (Phi) is 7.46. The molecule has 3 fully saturated rings. The molecule has 3 aliphatic heterocycles. The highest BCUT2D eigenvalue weighted by molar-refractivity contribution is 6.02. The molecule has 47 heavy (non-hydrogen) atoms. The number of ketones is 1. The van der Waals surface area contributed by atoms with Gasteiger partial charge in [-0.1, -0.05) is 45.9 Å². The summed E-state index contributed by atoms with van der Waals surface area (Å²) in [4.78, 5) is 44.3. The molecular formula is C35H39FN6O5. The van der Waals surface area contributed by atoms with E-state index in [1.54, 1.807) is 29.2 Å². The number of carbonyl (C=O) groups excluding carboxylic acids is 1. The number of nitrogens with zero attached hydrogens (tertiary/aromatic N) is 6. The number of aryl methyl sites for hydroxylation is 1. The first-order valence-electron chi connectivity index (χ1n) is 16.0. The summed E-state index contributed by atoms with van der Waals surface area (Å²) in [6.07, 6.45) is 2.86. The van der Waals surface area contributed by atoms with Crippen LogP contribution in [-0.2, 0) is 16.0 Å². The van der Waals surface area contributed by atoms with Gasteiger partial charge in [-0.05, 0) is 53.1 Å². The molecule has 0 spiro atoms. The van der Waals surface area contributed by atoms with E-state index in [0.29, 0.717) is 42.0 Å². The summed E-state index contributed by atoms with van der Waals surface area (Å²) in [6.45, 7) is 9.37. The Balaban J connectivity index is 1.43. The Bertz CT molecular complexity index is 1920. The lowest BCUT2D eigenvalue weighted by Gasteiger charge is -2.54. The number of hydrogen-bond acceptors (Lipinski definition) is 9. The third-order valence-corrected chi connectivity index (χ3v) is 10.2. The first-order chi connectivity index (χ1) is 22.5. The maximum atomic E-state index is 17.1.